The van der Waals surface area contributed by atoms with Gasteiger partial charge in [0.2, 0.25) is 0 Å². The second-order valence-electron chi connectivity index (χ2n) is 0.995. The van der Waals surface area contributed by atoms with E-state index >= 15 is 0 Å². The van der Waals surface area contributed by atoms with Gasteiger partial charge in [0.05, 0.1) is 12.1 Å². The van der Waals surface area contributed by atoms with Crippen molar-refractivity contribution in [1.82, 2.24) is 0 Å². The quantitative estimate of drug-likeness (QED) is 0.468. The monoisotopic (exact) mass is 210 g/mol. The van der Waals surface area contributed by atoms with Crippen molar-refractivity contribution in [3.63, 3.8) is 0 Å². The number of aliphatic carboxylic acids is 1. The van der Waals surface area contributed by atoms with Gasteiger partial charge in [-0.3, -0.25) is 0 Å². The standard InChI is InChI=1S/C3H6O3.2ClH.V/c1-2(4)3(5)6;;;/h2,4H,1H3,(H,5,6);2*1H;/p-3. The van der Waals surface area contributed by atoms with Crippen molar-refractivity contribution in [2.75, 3.05) is 0 Å². The summed E-state index contributed by atoms with van der Waals surface area (Å²) in [5.74, 6) is -1.44. The Morgan fingerprint density at radius 2 is 1.67 bits per heavy atom. The van der Waals surface area contributed by atoms with Gasteiger partial charge >= 0.3 is 0 Å². The third-order valence-corrected chi connectivity index (χ3v) is 0.341. The van der Waals surface area contributed by atoms with Crippen molar-refractivity contribution in [3.8, 4) is 0 Å². The smallest absolute Gasteiger partial charge is 0.0905 e. The van der Waals surface area contributed by atoms with Gasteiger partial charge in [-0.1, -0.05) is 0 Å². The molecule has 0 fully saturated rings. The summed E-state index contributed by atoms with van der Waals surface area (Å²) in [6.45, 7) is 1.13. The van der Waals surface area contributed by atoms with Gasteiger partial charge in [-0.25, -0.2) is 0 Å². The van der Waals surface area contributed by atoms with Crippen molar-refractivity contribution in [1.29, 1.82) is 0 Å². The third kappa shape index (κ3) is 17.7. The molecule has 57 valence electrons. The summed E-state index contributed by atoms with van der Waals surface area (Å²) < 4.78 is 0. The first kappa shape index (κ1) is 22.6. The van der Waals surface area contributed by atoms with Crippen LogP contribution in [0.5, 0.6) is 0 Å². The molecule has 0 saturated heterocycles. The molecule has 1 unspecified atom stereocenters. The second-order valence-corrected chi connectivity index (χ2v) is 0.995. The molecule has 0 aromatic carbocycles. The summed E-state index contributed by atoms with van der Waals surface area (Å²) in [5.41, 5.74) is 0. The first-order valence-corrected chi connectivity index (χ1v) is 1.53. The van der Waals surface area contributed by atoms with Crippen molar-refractivity contribution in [2.24, 2.45) is 0 Å². The van der Waals surface area contributed by atoms with E-state index in [1.165, 1.54) is 0 Å². The van der Waals surface area contributed by atoms with E-state index in [0.717, 1.165) is 6.92 Å². The zero-order chi connectivity index (χ0) is 5.15. The van der Waals surface area contributed by atoms with Crippen molar-refractivity contribution in [2.45, 2.75) is 13.0 Å². The number of rotatable bonds is 1. The molecule has 6 heteroatoms. The van der Waals surface area contributed by atoms with Crippen LogP contribution in [0.4, 0.5) is 0 Å². The minimum Gasteiger partial charge on any atom is -1.00 e. The normalized spacial score (nSPS) is 9.11. The Morgan fingerprint density at radius 1 is 1.56 bits per heavy atom. The van der Waals surface area contributed by atoms with Crippen LogP contribution in [0.1, 0.15) is 6.92 Å². The van der Waals surface area contributed by atoms with Crippen LogP contribution in [0.15, 0.2) is 0 Å². The SMILES string of the molecule is CC(O)C(=O)[O-].[Cl-].[Cl-].[V]. The maximum absolute atomic E-state index is 9.34. The van der Waals surface area contributed by atoms with Crippen molar-refractivity contribution < 1.29 is 58.4 Å². The first-order valence-electron chi connectivity index (χ1n) is 1.53. The van der Waals surface area contributed by atoms with Crippen molar-refractivity contribution >= 4 is 5.97 Å². The fourth-order valence-electron chi connectivity index (χ4n) is 0. The molecule has 0 spiro atoms. The predicted molar refractivity (Wildman–Crippen MR) is 16.7 cm³/mol. The molecule has 1 radical (unpaired) electrons. The van der Waals surface area contributed by atoms with Crippen LogP contribution >= 0.6 is 0 Å². The van der Waals surface area contributed by atoms with E-state index in [4.69, 9.17) is 5.11 Å². The van der Waals surface area contributed by atoms with Crippen LogP contribution in [-0.2, 0) is 23.4 Å². The number of hydrogen-bond acceptors (Lipinski definition) is 3. The largest absolute Gasteiger partial charge is 1.00 e. The molecule has 0 aliphatic rings. The Kier molecular flexibility index (Phi) is 28.7. The molecule has 0 aliphatic carbocycles. The summed E-state index contributed by atoms with van der Waals surface area (Å²) in [7, 11) is 0. The average molecular weight is 211 g/mol. The molecule has 0 heterocycles. The molecule has 0 amide bonds. The Hall–Kier alpha value is 0.594. The van der Waals surface area contributed by atoms with E-state index in [1.54, 1.807) is 0 Å². The van der Waals surface area contributed by atoms with Crippen molar-refractivity contribution in [3.05, 3.63) is 0 Å². The van der Waals surface area contributed by atoms with Crippen LogP contribution in [0.3, 0.4) is 0 Å². The maximum atomic E-state index is 9.34. The van der Waals surface area contributed by atoms with E-state index in [1.807, 2.05) is 0 Å². The number of halogens is 2. The molecule has 0 bridgehead atoms. The second kappa shape index (κ2) is 11.4. The number of carboxylic acids is 1. The van der Waals surface area contributed by atoms with Gasteiger partial charge in [-0.05, 0) is 6.92 Å². The number of carbonyl (C=O) groups excluding carboxylic acids is 1. The molecule has 1 atom stereocenters. The van der Waals surface area contributed by atoms with Gasteiger partial charge in [0.15, 0.2) is 0 Å². The predicted octanol–water partition coefficient (Wildman–Crippen LogP) is -7.88. The summed E-state index contributed by atoms with van der Waals surface area (Å²) in [4.78, 5) is 9.34. The third-order valence-electron chi connectivity index (χ3n) is 0.341. The Morgan fingerprint density at radius 3 is 1.67 bits per heavy atom. The summed E-state index contributed by atoms with van der Waals surface area (Å²) >= 11 is 0. The minimum absolute atomic E-state index is 0. The van der Waals surface area contributed by atoms with E-state index in [-0.39, 0.29) is 43.4 Å². The van der Waals surface area contributed by atoms with Crippen LogP contribution in [-0.4, -0.2) is 17.2 Å². The fraction of sp³-hybridized carbons (Fsp3) is 0.667. The minimum atomic E-state index is -1.44. The van der Waals surface area contributed by atoms with Crippen LogP contribution in [0, 0.1) is 0 Å². The van der Waals surface area contributed by atoms with Gasteiger partial charge in [0, 0.05) is 18.6 Å². The number of aliphatic hydroxyl groups is 1. The summed E-state index contributed by atoms with van der Waals surface area (Å²) in [6, 6.07) is 0. The van der Waals surface area contributed by atoms with Gasteiger partial charge in [0.1, 0.15) is 0 Å². The molecule has 0 aromatic heterocycles. The summed E-state index contributed by atoms with van der Waals surface area (Å²) in [6.07, 6.45) is -1.34. The first-order chi connectivity index (χ1) is 2.64. The van der Waals surface area contributed by atoms with E-state index in [9.17, 15) is 9.90 Å². The van der Waals surface area contributed by atoms with Crippen LogP contribution in [0.2, 0.25) is 0 Å². The fourth-order valence-corrected chi connectivity index (χ4v) is 0. The van der Waals surface area contributed by atoms with Gasteiger partial charge in [-0.15, -0.1) is 0 Å². The molecule has 0 saturated carbocycles. The Labute approximate surface area is 77.5 Å². The van der Waals surface area contributed by atoms with E-state index in [0.29, 0.717) is 0 Å². The molecule has 1 N–H and O–H groups in total. The molecular formula is C3H5Cl2O3V-3. The molecule has 0 rings (SSSR count). The molecule has 3 nitrogen and oxygen atoms in total. The van der Waals surface area contributed by atoms with Crippen LogP contribution in [0.25, 0.3) is 0 Å². The topological polar surface area (TPSA) is 60.4 Å². The number of carboxylic acid groups (broad SMARTS) is 1. The maximum Gasteiger partial charge on any atom is 0.0905 e. The number of hydrogen-bond donors (Lipinski definition) is 1. The van der Waals surface area contributed by atoms with Crippen LogP contribution < -0.4 is 29.9 Å². The number of aliphatic hydroxyl groups excluding tert-OH is 1. The van der Waals surface area contributed by atoms with E-state index in [2.05, 4.69) is 0 Å². The zero-order valence-corrected chi connectivity index (χ0v) is 7.45. The molecule has 9 heavy (non-hydrogen) atoms. The summed E-state index contributed by atoms with van der Waals surface area (Å²) in [5, 5.41) is 17.3. The Balaban J connectivity index is -0.0000000417. The molecule has 0 aliphatic heterocycles. The van der Waals surface area contributed by atoms with Gasteiger partial charge in [-0.2, -0.15) is 0 Å². The average Bonchev–Trinajstić information content (AvgIpc) is 1.36. The van der Waals surface area contributed by atoms with Gasteiger partial charge in [0.25, 0.3) is 0 Å². The number of carbonyl (C=O) groups is 1. The molecule has 0 aromatic rings. The van der Waals surface area contributed by atoms with Gasteiger partial charge < -0.3 is 39.8 Å². The van der Waals surface area contributed by atoms with E-state index < -0.39 is 12.1 Å². The zero-order valence-electron chi connectivity index (χ0n) is 4.54. The Bertz CT molecular complexity index is 68.1. The molecular weight excluding hydrogens is 206 g/mol.